The summed E-state index contributed by atoms with van der Waals surface area (Å²) in [6.07, 6.45) is 4.93. The fourth-order valence-corrected chi connectivity index (χ4v) is 4.15. The van der Waals surface area contributed by atoms with Crippen LogP contribution in [0.4, 0.5) is 0 Å². The highest BCUT2D eigenvalue weighted by molar-refractivity contribution is 6.30. The molecule has 1 aromatic heterocycles. The molecule has 1 amide bonds. The van der Waals surface area contributed by atoms with Gasteiger partial charge in [0.2, 0.25) is 5.91 Å². The van der Waals surface area contributed by atoms with Crippen LogP contribution >= 0.6 is 11.6 Å². The fourth-order valence-electron chi connectivity index (χ4n) is 3.97. The van der Waals surface area contributed by atoms with Crippen LogP contribution < -0.4 is 4.74 Å². The number of H-pyrrole nitrogens is 1. The number of ether oxygens (including phenoxy) is 2. The summed E-state index contributed by atoms with van der Waals surface area (Å²) in [5.74, 6) is 1.25. The van der Waals surface area contributed by atoms with Crippen molar-refractivity contribution in [2.24, 2.45) is 5.92 Å². The van der Waals surface area contributed by atoms with Crippen LogP contribution in [0.5, 0.6) is 5.75 Å². The number of rotatable bonds is 6. The largest absolute Gasteiger partial charge is 0.493 e. The van der Waals surface area contributed by atoms with Crippen molar-refractivity contribution in [3.05, 3.63) is 46.7 Å². The summed E-state index contributed by atoms with van der Waals surface area (Å²) >= 11 is 5.97. The Kier molecular flexibility index (Phi) is 6.17. The number of aromatic amines is 1. The van der Waals surface area contributed by atoms with E-state index in [4.69, 9.17) is 21.1 Å². The molecule has 2 heterocycles. The van der Waals surface area contributed by atoms with Gasteiger partial charge in [-0.25, -0.2) is 0 Å². The first-order valence-corrected chi connectivity index (χ1v) is 10.4. The summed E-state index contributed by atoms with van der Waals surface area (Å²) in [6, 6.07) is 9.38. The van der Waals surface area contributed by atoms with Crippen molar-refractivity contribution in [1.82, 2.24) is 15.1 Å². The van der Waals surface area contributed by atoms with Crippen LogP contribution in [0, 0.1) is 5.92 Å². The van der Waals surface area contributed by atoms with E-state index >= 15 is 0 Å². The number of aromatic nitrogens is 2. The Morgan fingerprint density at radius 3 is 3.00 bits per heavy atom. The topological polar surface area (TPSA) is 67.5 Å². The van der Waals surface area contributed by atoms with Gasteiger partial charge in [-0.1, -0.05) is 30.5 Å². The maximum absolute atomic E-state index is 12.7. The quantitative estimate of drug-likeness (QED) is 0.797. The monoisotopic (exact) mass is 403 g/mol. The number of carbonyl (C=O) groups excluding carboxylic acids is 1. The molecular formula is C21H26ClN3O3. The molecule has 1 atom stereocenters. The van der Waals surface area contributed by atoms with Gasteiger partial charge in [0.15, 0.2) is 0 Å². The van der Waals surface area contributed by atoms with Crippen molar-refractivity contribution in [3.8, 4) is 5.75 Å². The number of amides is 1. The summed E-state index contributed by atoms with van der Waals surface area (Å²) in [4.78, 5) is 14.7. The molecule has 0 unspecified atom stereocenters. The number of hydrogen-bond donors (Lipinski definition) is 1. The van der Waals surface area contributed by atoms with E-state index in [1.54, 1.807) is 6.07 Å². The first kappa shape index (κ1) is 19.3. The summed E-state index contributed by atoms with van der Waals surface area (Å²) in [7, 11) is 0. The molecule has 6 nitrogen and oxygen atoms in total. The highest BCUT2D eigenvalue weighted by atomic mass is 35.5. The van der Waals surface area contributed by atoms with Crippen LogP contribution in [0.25, 0.3) is 0 Å². The van der Waals surface area contributed by atoms with E-state index in [0.717, 1.165) is 30.0 Å². The fraction of sp³-hybridized carbons (Fsp3) is 0.524. The molecule has 2 fully saturated rings. The molecule has 1 N–H and O–H groups in total. The smallest absolute Gasteiger partial charge is 0.225 e. The lowest BCUT2D eigenvalue weighted by Gasteiger charge is -2.33. The molecule has 1 aliphatic carbocycles. The standard InChI is InChI=1S/C21H26ClN3O3/c22-16-6-3-7-18(12-16)27-10-8-17-13-19(24-23-17)20-14-25(9-11-28-20)21(26)15-4-1-2-5-15/h3,6-7,12-13,15,20H,1-2,4-5,8-11,14H2,(H,23,24)/t20-/m1/s1. The molecule has 1 aromatic carbocycles. The van der Waals surface area contributed by atoms with Crippen molar-refractivity contribution in [1.29, 1.82) is 0 Å². The van der Waals surface area contributed by atoms with Crippen molar-refractivity contribution in [2.45, 2.75) is 38.2 Å². The maximum atomic E-state index is 12.7. The lowest BCUT2D eigenvalue weighted by atomic mass is 10.1. The highest BCUT2D eigenvalue weighted by Crippen LogP contribution is 2.29. The number of nitrogens with zero attached hydrogens (tertiary/aromatic N) is 2. The number of nitrogens with one attached hydrogen (secondary N) is 1. The lowest BCUT2D eigenvalue weighted by Crippen LogP contribution is -2.44. The summed E-state index contributed by atoms with van der Waals surface area (Å²) in [5, 5.41) is 8.13. The molecular weight excluding hydrogens is 378 g/mol. The minimum Gasteiger partial charge on any atom is -0.493 e. The van der Waals surface area contributed by atoms with Gasteiger partial charge in [0.1, 0.15) is 11.9 Å². The average molecular weight is 404 g/mol. The Hall–Kier alpha value is -2.05. The summed E-state index contributed by atoms with van der Waals surface area (Å²) in [6.45, 7) is 2.35. The number of morpholine rings is 1. The number of benzene rings is 1. The second-order valence-electron chi connectivity index (χ2n) is 7.50. The zero-order valence-electron chi connectivity index (χ0n) is 15.9. The molecule has 0 bridgehead atoms. The third-order valence-corrected chi connectivity index (χ3v) is 5.73. The maximum Gasteiger partial charge on any atom is 0.225 e. The molecule has 1 aliphatic heterocycles. The van der Waals surface area contributed by atoms with E-state index in [2.05, 4.69) is 10.2 Å². The van der Waals surface area contributed by atoms with Crippen LogP contribution in [-0.2, 0) is 16.0 Å². The zero-order valence-corrected chi connectivity index (χ0v) is 16.7. The third-order valence-electron chi connectivity index (χ3n) is 5.50. The van der Waals surface area contributed by atoms with Gasteiger partial charge in [0.25, 0.3) is 0 Å². The average Bonchev–Trinajstić information content (AvgIpc) is 3.40. The summed E-state index contributed by atoms with van der Waals surface area (Å²) < 4.78 is 11.6. The van der Waals surface area contributed by atoms with Gasteiger partial charge in [0, 0.05) is 29.6 Å². The SMILES string of the molecule is O=C(C1CCCC1)N1CCO[C@@H](c2cc(CCOc3cccc(Cl)c3)[nH]n2)C1. The van der Waals surface area contributed by atoms with Crippen LogP contribution in [0.1, 0.15) is 43.2 Å². The van der Waals surface area contributed by atoms with Gasteiger partial charge >= 0.3 is 0 Å². The Balaban J connectivity index is 1.30. The normalized spacial score (nSPS) is 20.5. The van der Waals surface area contributed by atoms with Crippen LogP contribution in [0.2, 0.25) is 5.02 Å². The van der Waals surface area contributed by atoms with Crippen LogP contribution in [0.15, 0.2) is 30.3 Å². The van der Waals surface area contributed by atoms with Gasteiger partial charge < -0.3 is 14.4 Å². The van der Waals surface area contributed by atoms with Crippen molar-refractivity contribution in [3.63, 3.8) is 0 Å². The second-order valence-corrected chi connectivity index (χ2v) is 7.94. The van der Waals surface area contributed by atoms with Crippen LogP contribution in [-0.4, -0.2) is 47.3 Å². The zero-order chi connectivity index (χ0) is 19.3. The molecule has 2 aliphatic rings. The first-order chi connectivity index (χ1) is 13.7. The third kappa shape index (κ3) is 4.67. The molecule has 1 saturated carbocycles. The van der Waals surface area contributed by atoms with Crippen molar-refractivity contribution < 1.29 is 14.3 Å². The minimum atomic E-state index is -0.169. The Labute approximate surface area is 170 Å². The Bertz CT molecular complexity index is 804. The molecule has 7 heteroatoms. The van der Waals surface area contributed by atoms with Gasteiger partial charge in [-0.05, 0) is 37.1 Å². The van der Waals surface area contributed by atoms with E-state index in [9.17, 15) is 4.79 Å². The Morgan fingerprint density at radius 2 is 2.18 bits per heavy atom. The molecule has 1 saturated heterocycles. The first-order valence-electron chi connectivity index (χ1n) is 10.0. The van der Waals surface area contributed by atoms with E-state index < -0.39 is 0 Å². The van der Waals surface area contributed by atoms with Gasteiger partial charge in [-0.3, -0.25) is 9.89 Å². The summed E-state index contributed by atoms with van der Waals surface area (Å²) in [5.41, 5.74) is 1.83. The van der Waals surface area contributed by atoms with Crippen LogP contribution in [0.3, 0.4) is 0 Å². The molecule has 150 valence electrons. The van der Waals surface area contributed by atoms with Gasteiger partial charge in [0.05, 0.1) is 25.5 Å². The molecule has 0 radical (unpaired) electrons. The molecule has 4 rings (SSSR count). The van der Waals surface area contributed by atoms with Crippen molar-refractivity contribution in [2.75, 3.05) is 26.3 Å². The van der Waals surface area contributed by atoms with E-state index in [-0.39, 0.29) is 17.9 Å². The molecule has 28 heavy (non-hydrogen) atoms. The van der Waals surface area contributed by atoms with E-state index in [0.29, 0.717) is 37.7 Å². The minimum absolute atomic E-state index is 0.169. The number of hydrogen-bond acceptors (Lipinski definition) is 4. The van der Waals surface area contributed by atoms with E-state index in [1.807, 2.05) is 29.2 Å². The number of halogens is 1. The van der Waals surface area contributed by atoms with Crippen molar-refractivity contribution >= 4 is 17.5 Å². The Morgan fingerprint density at radius 1 is 1.32 bits per heavy atom. The molecule has 0 spiro atoms. The number of carbonyl (C=O) groups is 1. The lowest BCUT2D eigenvalue weighted by molar-refractivity contribution is -0.143. The predicted molar refractivity (Wildman–Crippen MR) is 106 cm³/mol. The van der Waals surface area contributed by atoms with Gasteiger partial charge in [-0.15, -0.1) is 0 Å². The van der Waals surface area contributed by atoms with E-state index in [1.165, 1.54) is 12.8 Å². The van der Waals surface area contributed by atoms with Gasteiger partial charge in [-0.2, -0.15) is 5.10 Å². The molecule has 2 aromatic rings. The second kappa shape index (κ2) is 8.97. The predicted octanol–water partition coefficient (Wildman–Crippen LogP) is 3.77. The highest BCUT2D eigenvalue weighted by Gasteiger charge is 2.32.